The molecule has 0 atom stereocenters. The number of carbonyl (C=O) groups is 1. The fourth-order valence-electron chi connectivity index (χ4n) is 1.51. The third-order valence-corrected chi connectivity index (χ3v) is 3.35. The molecular weight excluding hydrogens is 252 g/mol. The van der Waals surface area contributed by atoms with Crippen molar-refractivity contribution in [3.63, 3.8) is 0 Å². The molecule has 0 aliphatic heterocycles. The number of allylic oxidation sites excluding steroid dienone is 3. The first kappa shape index (κ1) is 12.0. The average molecular weight is 264 g/mol. The van der Waals surface area contributed by atoms with E-state index in [1.54, 1.807) is 0 Å². The highest BCUT2D eigenvalue weighted by Crippen LogP contribution is 2.19. The molecule has 0 saturated heterocycles. The van der Waals surface area contributed by atoms with Crippen LogP contribution in [0.2, 0.25) is 0 Å². The number of carbonyl (C=O) groups excluding carboxylic acids is 1. The Kier molecular flexibility index (Phi) is 4.06. The number of thiophene rings is 1. The van der Waals surface area contributed by atoms with Crippen molar-refractivity contribution in [3.8, 4) is 0 Å². The summed E-state index contributed by atoms with van der Waals surface area (Å²) in [5.74, 6) is 0. The summed E-state index contributed by atoms with van der Waals surface area (Å²) in [6, 6.07) is 1.84. The molecular formula is C12H12N2OS2. The average Bonchev–Trinajstić information content (AvgIpc) is 2.77. The van der Waals surface area contributed by atoms with Crippen molar-refractivity contribution < 1.29 is 4.79 Å². The van der Waals surface area contributed by atoms with Crippen LogP contribution in [0.5, 0.6) is 0 Å². The number of nitrogens with one attached hydrogen (secondary N) is 2. The zero-order valence-corrected chi connectivity index (χ0v) is 10.7. The molecule has 5 heteroatoms. The number of thiocarbonyl (C=S) groups is 1. The van der Waals surface area contributed by atoms with Gasteiger partial charge in [0.15, 0.2) is 11.4 Å². The lowest BCUT2D eigenvalue weighted by molar-refractivity contribution is 0.112. The Morgan fingerprint density at radius 2 is 2.29 bits per heavy atom. The largest absolute Gasteiger partial charge is 0.333 e. The van der Waals surface area contributed by atoms with E-state index >= 15 is 0 Å². The lowest BCUT2D eigenvalue weighted by atomic mass is 10.1. The molecule has 2 rings (SSSR count). The smallest absolute Gasteiger partial charge is 0.175 e. The Morgan fingerprint density at radius 1 is 1.41 bits per heavy atom. The van der Waals surface area contributed by atoms with Gasteiger partial charge in [0.05, 0.1) is 10.6 Å². The molecule has 1 aliphatic rings. The second-order valence-corrected chi connectivity index (χ2v) is 4.89. The van der Waals surface area contributed by atoms with E-state index < -0.39 is 0 Å². The van der Waals surface area contributed by atoms with Crippen LogP contribution < -0.4 is 10.6 Å². The number of aldehydes is 1. The molecule has 0 fully saturated rings. The lowest BCUT2D eigenvalue weighted by Gasteiger charge is -2.12. The minimum atomic E-state index is 0.504. The van der Waals surface area contributed by atoms with Gasteiger partial charge < -0.3 is 10.6 Å². The van der Waals surface area contributed by atoms with Crippen molar-refractivity contribution in [3.05, 3.63) is 40.2 Å². The molecule has 88 valence electrons. The zero-order chi connectivity index (χ0) is 12.1. The molecule has 1 aromatic heterocycles. The van der Waals surface area contributed by atoms with Crippen molar-refractivity contribution >= 4 is 40.6 Å². The van der Waals surface area contributed by atoms with Gasteiger partial charge >= 0.3 is 0 Å². The van der Waals surface area contributed by atoms with E-state index in [1.807, 2.05) is 17.5 Å². The summed E-state index contributed by atoms with van der Waals surface area (Å²) < 4.78 is 0. The molecule has 1 aliphatic carbocycles. The molecule has 0 saturated carbocycles. The standard InChI is InChI=1S/C12H12N2OS2/c15-8-11-10(6-7-17-11)14-12(16)13-9-4-2-1-3-5-9/h2,4-8H,1,3H2,(H2,13,14,16). The molecule has 0 unspecified atom stereocenters. The van der Waals surface area contributed by atoms with Gasteiger partial charge in [-0.2, -0.15) is 0 Å². The SMILES string of the molecule is O=Cc1sccc1NC(=S)NC1=CCCC=C1. The second-order valence-electron chi connectivity index (χ2n) is 3.53. The molecule has 0 bridgehead atoms. The van der Waals surface area contributed by atoms with Gasteiger partial charge in [-0.25, -0.2) is 0 Å². The van der Waals surface area contributed by atoms with Crippen molar-refractivity contribution in [2.45, 2.75) is 12.8 Å². The molecule has 17 heavy (non-hydrogen) atoms. The van der Waals surface area contributed by atoms with Gasteiger partial charge in [-0.15, -0.1) is 11.3 Å². The van der Waals surface area contributed by atoms with Crippen molar-refractivity contribution in [1.29, 1.82) is 0 Å². The monoisotopic (exact) mass is 264 g/mol. The number of hydrogen-bond acceptors (Lipinski definition) is 3. The minimum Gasteiger partial charge on any atom is -0.333 e. The predicted octanol–water partition coefficient (Wildman–Crippen LogP) is 3.08. The highest BCUT2D eigenvalue weighted by molar-refractivity contribution is 7.80. The fourth-order valence-corrected chi connectivity index (χ4v) is 2.39. The first-order valence-electron chi connectivity index (χ1n) is 5.27. The van der Waals surface area contributed by atoms with Gasteiger partial charge in [0.25, 0.3) is 0 Å². The van der Waals surface area contributed by atoms with Gasteiger partial charge in [-0.05, 0) is 42.6 Å². The van der Waals surface area contributed by atoms with Gasteiger partial charge in [0.2, 0.25) is 0 Å². The maximum Gasteiger partial charge on any atom is 0.175 e. The van der Waals surface area contributed by atoms with Crippen LogP contribution in [0.4, 0.5) is 5.69 Å². The summed E-state index contributed by atoms with van der Waals surface area (Å²) in [6.07, 6.45) is 9.14. The molecule has 1 heterocycles. The van der Waals surface area contributed by atoms with Gasteiger partial charge in [-0.3, -0.25) is 4.79 Å². The number of anilines is 1. The quantitative estimate of drug-likeness (QED) is 0.650. The van der Waals surface area contributed by atoms with Gasteiger partial charge in [0, 0.05) is 5.70 Å². The van der Waals surface area contributed by atoms with Crippen LogP contribution in [0.3, 0.4) is 0 Å². The van der Waals surface area contributed by atoms with Crippen LogP contribution in [0.1, 0.15) is 22.5 Å². The summed E-state index contributed by atoms with van der Waals surface area (Å²) in [7, 11) is 0. The molecule has 1 aromatic rings. The highest BCUT2D eigenvalue weighted by atomic mass is 32.1. The highest BCUT2D eigenvalue weighted by Gasteiger charge is 2.05. The Labute approximate surface area is 109 Å². The van der Waals surface area contributed by atoms with Crippen LogP contribution in [-0.4, -0.2) is 11.4 Å². The molecule has 2 N–H and O–H groups in total. The normalized spacial score (nSPS) is 14.0. The first-order valence-corrected chi connectivity index (χ1v) is 6.56. The molecule has 0 amide bonds. The van der Waals surface area contributed by atoms with Crippen molar-refractivity contribution in [2.24, 2.45) is 0 Å². The minimum absolute atomic E-state index is 0.504. The third-order valence-electron chi connectivity index (χ3n) is 2.30. The Hall–Kier alpha value is -1.46. The van der Waals surface area contributed by atoms with Crippen LogP contribution in [0.25, 0.3) is 0 Å². The van der Waals surface area contributed by atoms with Crippen LogP contribution >= 0.6 is 23.6 Å². The van der Waals surface area contributed by atoms with E-state index in [9.17, 15) is 4.79 Å². The lowest BCUT2D eigenvalue weighted by Crippen LogP contribution is -2.27. The second kappa shape index (κ2) is 5.75. The number of rotatable bonds is 3. The van der Waals surface area contributed by atoms with Gasteiger partial charge in [0.1, 0.15) is 0 Å². The molecule has 0 aromatic carbocycles. The summed E-state index contributed by atoms with van der Waals surface area (Å²) in [6.45, 7) is 0. The predicted molar refractivity (Wildman–Crippen MR) is 75.5 cm³/mol. The maximum atomic E-state index is 10.7. The first-order chi connectivity index (χ1) is 8.29. The van der Waals surface area contributed by atoms with E-state index in [1.165, 1.54) is 11.3 Å². The molecule has 3 nitrogen and oxygen atoms in total. The molecule has 0 spiro atoms. The Bertz CT molecular complexity index is 488. The number of hydrogen-bond donors (Lipinski definition) is 2. The van der Waals surface area contributed by atoms with Crippen molar-refractivity contribution in [1.82, 2.24) is 5.32 Å². The summed E-state index contributed by atoms with van der Waals surface area (Å²) in [4.78, 5) is 11.4. The van der Waals surface area contributed by atoms with Crippen LogP contribution in [0.15, 0.2) is 35.4 Å². The Morgan fingerprint density at radius 3 is 3.00 bits per heavy atom. The Balaban J connectivity index is 1.95. The van der Waals surface area contributed by atoms with E-state index in [0.717, 1.165) is 30.5 Å². The third kappa shape index (κ3) is 3.25. The summed E-state index contributed by atoms with van der Waals surface area (Å²) in [5, 5.41) is 8.46. The molecule has 0 radical (unpaired) electrons. The van der Waals surface area contributed by atoms with Crippen molar-refractivity contribution in [2.75, 3.05) is 5.32 Å². The van der Waals surface area contributed by atoms with Gasteiger partial charge in [-0.1, -0.05) is 12.2 Å². The maximum absolute atomic E-state index is 10.7. The van der Waals surface area contributed by atoms with Crippen LogP contribution in [0, 0.1) is 0 Å². The van der Waals surface area contributed by atoms with Crippen LogP contribution in [-0.2, 0) is 0 Å². The summed E-state index contributed by atoms with van der Waals surface area (Å²) in [5.41, 5.74) is 1.75. The van der Waals surface area contributed by atoms with E-state index in [2.05, 4.69) is 22.8 Å². The van der Waals surface area contributed by atoms with E-state index in [4.69, 9.17) is 12.2 Å². The zero-order valence-electron chi connectivity index (χ0n) is 9.10. The fraction of sp³-hybridized carbons (Fsp3) is 0.167. The van der Waals surface area contributed by atoms with E-state index in [-0.39, 0.29) is 0 Å². The topological polar surface area (TPSA) is 41.1 Å². The summed E-state index contributed by atoms with van der Waals surface area (Å²) >= 11 is 6.57. The van der Waals surface area contributed by atoms with E-state index in [0.29, 0.717) is 9.99 Å².